The summed E-state index contributed by atoms with van der Waals surface area (Å²) in [6.45, 7) is 6.40. The van der Waals surface area contributed by atoms with Crippen LogP contribution in [0.25, 0.3) is 0 Å². The summed E-state index contributed by atoms with van der Waals surface area (Å²) in [7, 11) is 0. The Bertz CT molecular complexity index is 307. The maximum Gasteiger partial charge on any atom is 0.0187 e. The molecule has 0 bridgehead atoms. The molecule has 1 aromatic carbocycles. The van der Waals surface area contributed by atoms with Gasteiger partial charge in [-0.25, -0.2) is 0 Å². The maximum atomic E-state index is 5.71. The van der Waals surface area contributed by atoms with Crippen LogP contribution in [0.1, 0.15) is 30.0 Å². The van der Waals surface area contributed by atoms with Crippen LogP contribution in [-0.2, 0) is 5.75 Å². The summed E-state index contributed by atoms with van der Waals surface area (Å²) < 4.78 is 0. The van der Waals surface area contributed by atoms with Crippen LogP contribution in [0.5, 0.6) is 0 Å². The third-order valence-corrected chi connectivity index (χ3v) is 3.52. The molecule has 0 spiro atoms. The number of aryl methyl sites for hydroxylation is 2. The SMILES string of the molecule is Cc1ccc(C)c(CSCCC(C)N)c1. The highest BCUT2D eigenvalue weighted by Gasteiger charge is 2.00. The van der Waals surface area contributed by atoms with Crippen LogP contribution in [0.2, 0.25) is 0 Å². The van der Waals surface area contributed by atoms with E-state index in [2.05, 4.69) is 39.0 Å². The molecular formula is C13H21NS. The quantitative estimate of drug-likeness (QED) is 0.775. The molecule has 0 fully saturated rings. The Hall–Kier alpha value is -0.470. The fourth-order valence-corrected chi connectivity index (χ4v) is 2.62. The Morgan fingerprint density at radius 2 is 2.07 bits per heavy atom. The van der Waals surface area contributed by atoms with E-state index >= 15 is 0 Å². The molecule has 0 aliphatic carbocycles. The second-order valence-electron chi connectivity index (χ2n) is 4.25. The predicted molar refractivity (Wildman–Crippen MR) is 70.3 cm³/mol. The summed E-state index contributed by atoms with van der Waals surface area (Å²) in [6, 6.07) is 6.99. The van der Waals surface area contributed by atoms with Crippen LogP contribution in [-0.4, -0.2) is 11.8 Å². The predicted octanol–water partition coefficient (Wildman–Crippen LogP) is 3.27. The fraction of sp³-hybridized carbons (Fsp3) is 0.538. The first-order valence-electron chi connectivity index (χ1n) is 5.49. The lowest BCUT2D eigenvalue weighted by molar-refractivity contribution is 0.721. The normalized spacial score (nSPS) is 12.8. The van der Waals surface area contributed by atoms with Crippen molar-refractivity contribution in [3.05, 3.63) is 34.9 Å². The number of rotatable bonds is 5. The van der Waals surface area contributed by atoms with Crippen LogP contribution in [0.3, 0.4) is 0 Å². The van der Waals surface area contributed by atoms with Crippen molar-refractivity contribution >= 4 is 11.8 Å². The zero-order valence-corrected chi connectivity index (χ0v) is 10.7. The first kappa shape index (κ1) is 12.6. The summed E-state index contributed by atoms with van der Waals surface area (Å²) in [4.78, 5) is 0. The molecule has 84 valence electrons. The van der Waals surface area contributed by atoms with Crippen molar-refractivity contribution in [1.82, 2.24) is 0 Å². The molecule has 2 heteroatoms. The van der Waals surface area contributed by atoms with Gasteiger partial charge in [0, 0.05) is 11.8 Å². The number of hydrogen-bond donors (Lipinski definition) is 1. The molecule has 0 saturated heterocycles. The van der Waals surface area contributed by atoms with E-state index in [1.54, 1.807) is 0 Å². The average Bonchev–Trinajstić information content (AvgIpc) is 2.17. The fourth-order valence-electron chi connectivity index (χ4n) is 1.41. The monoisotopic (exact) mass is 223 g/mol. The molecule has 0 saturated carbocycles. The molecule has 0 aliphatic rings. The van der Waals surface area contributed by atoms with Gasteiger partial charge in [0.15, 0.2) is 0 Å². The third-order valence-electron chi connectivity index (χ3n) is 2.48. The molecule has 0 amide bonds. The van der Waals surface area contributed by atoms with Gasteiger partial charge in [-0.15, -0.1) is 0 Å². The molecule has 1 unspecified atom stereocenters. The summed E-state index contributed by atoms with van der Waals surface area (Å²) in [5, 5.41) is 0. The second-order valence-corrected chi connectivity index (χ2v) is 5.35. The van der Waals surface area contributed by atoms with E-state index in [1.165, 1.54) is 16.7 Å². The van der Waals surface area contributed by atoms with Gasteiger partial charge in [-0.05, 0) is 44.1 Å². The topological polar surface area (TPSA) is 26.0 Å². The van der Waals surface area contributed by atoms with E-state index < -0.39 is 0 Å². The molecule has 0 aromatic heterocycles. The number of benzene rings is 1. The maximum absolute atomic E-state index is 5.71. The molecular weight excluding hydrogens is 202 g/mol. The number of hydrogen-bond acceptors (Lipinski definition) is 2. The van der Waals surface area contributed by atoms with Gasteiger partial charge < -0.3 is 5.73 Å². The van der Waals surface area contributed by atoms with Gasteiger partial charge in [-0.2, -0.15) is 11.8 Å². The molecule has 1 nitrogen and oxygen atoms in total. The van der Waals surface area contributed by atoms with Crippen LogP contribution >= 0.6 is 11.8 Å². The van der Waals surface area contributed by atoms with Crippen molar-refractivity contribution in [3.8, 4) is 0 Å². The van der Waals surface area contributed by atoms with Gasteiger partial charge >= 0.3 is 0 Å². The minimum Gasteiger partial charge on any atom is -0.328 e. The second kappa shape index (κ2) is 6.19. The van der Waals surface area contributed by atoms with Crippen molar-refractivity contribution in [1.29, 1.82) is 0 Å². The van der Waals surface area contributed by atoms with Gasteiger partial charge in [-0.3, -0.25) is 0 Å². The van der Waals surface area contributed by atoms with E-state index in [4.69, 9.17) is 5.73 Å². The summed E-state index contributed by atoms with van der Waals surface area (Å²) in [5.41, 5.74) is 9.92. The standard InChI is InChI=1S/C13H21NS/c1-10-4-5-11(2)13(8-10)9-15-7-6-12(3)14/h4-5,8,12H,6-7,9,14H2,1-3H3. The molecule has 0 aliphatic heterocycles. The first-order chi connectivity index (χ1) is 7.09. The van der Waals surface area contributed by atoms with Crippen LogP contribution in [0.4, 0.5) is 0 Å². The molecule has 2 N–H and O–H groups in total. The molecule has 0 heterocycles. The minimum atomic E-state index is 0.330. The van der Waals surface area contributed by atoms with Crippen molar-refractivity contribution in [2.45, 2.75) is 39.0 Å². The van der Waals surface area contributed by atoms with Gasteiger partial charge in [0.25, 0.3) is 0 Å². The Morgan fingerprint density at radius 1 is 1.33 bits per heavy atom. The van der Waals surface area contributed by atoms with Gasteiger partial charge in [-0.1, -0.05) is 23.8 Å². The van der Waals surface area contributed by atoms with E-state index in [0.29, 0.717) is 6.04 Å². The lowest BCUT2D eigenvalue weighted by Gasteiger charge is -2.08. The Balaban J connectivity index is 2.40. The van der Waals surface area contributed by atoms with Crippen molar-refractivity contribution < 1.29 is 0 Å². The van der Waals surface area contributed by atoms with Gasteiger partial charge in [0.2, 0.25) is 0 Å². The smallest absolute Gasteiger partial charge is 0.0187 e. The zero-order chi connectivity index (χ0) is 11.3. The molecule has 1 rings (SSSR count). The van der Waals surface area contributed by atoms with Gasteiger partial charge in [0.05, 0.1) is 0 Å². The highest BCUT2D eigenvalue weighted by atomic mass is 32.2. The van der Waals surface area contributed by atoms with Crippen LogP contribution < -0.4 is 5.73 Å². The van der Waals surface area contributed by atoms with Crippen molar-refractivity contribution in [2.75, 3.05) is 5.75 Å². The van der Waals surface area contributed by atoms with E-state index in [-0.39, 0.29) is 0 Å². The Morgan fingerprint density at radius 3 is 2.73 bits per heavy atom. The van der Waals surface area contributed by atoms with Crippen molar-refractivity contribution in [3.63, 3.8) is 0 Å². The number of nitrogens with two attached hydrogens (primary N) is 1. The molecule has 0 radical (unpaired) electrons. The molecule has 15 heavy (non-hydrogen) atoms. The van der Waals surface area contributed by atoms with Crippen molar-refractivity contribution in [2.24, 2.45) is 5.73 Å². The molecule has 1 aromatic rings. The highest BCUT2D eigenvalue weighted by Crippen LogP contribution is 2.18. The largest absolute Gasteiger partial charge is 0.328 e. The summed E-state index contributed by atoms with van der Waals surface area (Å²) in [5.74, 6) is 2.27. The lowest BCUT2D eigenvalue weighted by atomic mass is 10.1. The van der Waals surface area contributed by atoms with E-state index in [0.717, 1.165) is 17.9 Å². The van der Waals surface area contributed by atoms with E-state index in [9.17, 15) is 0 Å². The van der Waals surface area contributed by atoms with Gasteiger partial charge in [0.1, 0.15) is 0 Å². The summed E-state index contributed by atoms with van der Waals surface area (Å²) in [6.07, 6.45) is 1.11. The first-order valence-corrected chi connectivity index (χ1v) is 6.64. The van der Waals surface area contributed by atoms with Crippen LogP contribution in [0, 0.1) is 13.8 Å². The number of thioether (sulfide) groups is 1. The highest BCUT2D eigenvalue weighted by molar-refractivity contribution is 7.98. The third kappa shape index (κ3) is 4.72. The average molecular weight is 223 g/mol. The Labute approximate surface area is 97.4 Å². The minimum absolute atomic E-state index is 0.330. The molecule has 1 atom stereocenters. The van der Waals surface area contributed by atoms with Crippen LogP contribution in [0.15, 0.2) is 18.2 Å². The lowest BCUT2D eigenvalue weighted by Crippen LogP contribution is -2.15. The zero-order valence-electron chi connectivity index (χ0n) is 9.92. The summed E-state index contributed by atoms with van der Waals surface area (Å²) >= 11 is 1.98. The Kier molecular flexibility index (Phi) is 5.20. The van der Waals surface area contributed by atoms with E-state index in [1.807, 2.05) is 11.8 Å².